The predicted molar refractivity (Wildman–Crippen MR) is 224 cm³/mol. The van der Waals surface area contributed by atoms with Gasteiger partial charge in [-0.3, -0.25) is 9.35 Å². The quantitative estimate of drug-likeness (QED) is 0.0185. The molecule has 0 aliphatic carbocycles. The molecule has 0 aromatic carbocycles. The Hall–Kier alpha value is -1.20. The summed E-state index contributed by atoms with van der Waals surface area (Å²) in [4.78, 5) is 13.0. The molecule has 57 heavy (non-hydrogen) atoms. The zero-order valence-electron chi connectivity index (χ0n) is 35.5. The molecule has 1 heterocycles. The van der Waals surface area contributed by atoms with Gasteiger partial charge in [-0.1, -0.05) is 167 Å². The molecule has 0 bridgehead atoms. The lowest BCUT2D eigenvalue weighted by Crippen LogP contribution is -2.61. The maximum Gasteiger partial charge on any atom is 0.397 e. The first-order valence-corrected chi connectivity index (χ1v) is 24.0. The van der Waals surface area contributed by atoms with Crippen molar-refractivity contribution >= 4 is 16.3 Å². The third kappa shape index (κ3) is 27.3. The fourth-order valence-electron chi connectivity index (χ4n) is 7.28. The number of ether oxygens (including phenoxy) is 2. The third-order valence-corrected chi connectivity index (χ3v) is 11.4. The number of hydrogen-bond acceptors (Lipinski definition) is 11. The molecule has 14 heteroatoms. The van der Waals surface area contributed by atoms with Crippen molar-refractivity contribution in [3.63, 3.8) is 0 Å². The van der Waals surface area contributed by atoms with Gasteiger partial charge in [-0.15, -0.1) is 0 Å². The van der Waals surface area contributed by atoms with E-state index < -0.39 is 78.5 Å². The van der Waals surface area contributed by atoms with E-state index in [-0.39, 0.29) is 6.42 Å². The Labute approximate surface area is 345 Å². The van der Waals surface area contributed by atoms with Crippen LogP contribution in [0.25, 0.3) is 0 Å². The van der Waals surface area contributed by atoms with Crippen molar-refractivity contribution in [3.05, 3.63) is 12.2 Å². The Kier molecular flexibility index (Phi) is 32.6. The molecule has 8 atom stereocenters. The van der Waals surface area contributed by atoms with Gasteiger partial charge in [-0.25, -0.2) is 4.18 Å². The van der Waals surface area contributed by atoms with E-state index in [1.165, 1.54) is 83.5 Å². The zero-order valence-corrected chi connectivity index (χ0v) is 36.3. The summed E-state index contributed by atoms with van der Waals surface area (Å²) in [6.07, 6.45) is 24.6. The fourth-order valence-corrected chi connectivity index (χ4v) is 7.79. The molecule has 7 N–H and O–H groups in total. The van der Waals surface area contributed by atoms with Crippen molar-refractivity contribution in [2.24, 2.45) is 0 Å². The van der Waals surface area contributed by atoms with E-state index in [0.29, 0.717) is 19.3 Å². The summed E-state index contributed by atoms with van der Waals surface area (Å²) < 4.78 is 47.3. The van der Waals surface area contributed by atoms with Crippen molar-refractivity contribution in [2.45, 2.75) is 243 Å². The van der Waals surface area contributed by atoms with Crippen LogP contribution in [0, 0.1) is 0 Å². The second-order valence-corrected chi connectivity index (χ2v) is 17.2. The molecule has 13 nitrogen and oxygen atoms in total. The summed E-state index contributed by atoms with van der Waals surface area (Å²) in [6, 6.07) is -1.03. The first-order chi connectivity index (χ1) is 27.4. The number of aliphatic hydroxyl groups is 5. The average Bonchev–Trinajstić information content (AvgIpc) is 3.18. The summed E-state index contributed by atoms with van der Waals surface area (Å²) in [6.45, 7) is 3.18. The molecular formula is C43H83NO12S. The number of amides is 1. The largest absolute Gasteiger partial charge is 0.397 e. The van der Waals surface area contributed by atoms with Crippen LogP contribution >= 0.6 is 0 Å². The van der Waals surface area contributed by atoms with Crippen molar-refractivity contribution < 1.29 is 57.0 Å². The summed E-state index contributed by atoms with van der Waals surface area (Å²) in [5.74, 6) is -0.678. The van der Waals surface area contributed by atoms with Crippen LogP contribution in [0.1, 0.15) is 194 Å². The highest BCUT2D eigenvalue weighted by atomic mass is 32.3. The van der Waals surface area contributed by atoms with Crippen LogP contribution < -0.4 is 5.32 Å². The molecule has 1 amide bonds. The van der Waals surface area contributed by atoms with E-state index in [4.69, 9.17) is 14.0 Å². The van der Waals surface area contributed by atoms with Gasteiger partial charge < -0.3 is 40.3 Å². The number of allylic oxidation sites excluding steroid dienone is 2. The lowest BCUT2D eigenvalue weighted by atomic mass is 9.99. The first kappa shape index (κ1) is 53.8. The Morgan fingerprint density at radius 3 is 1.58 bits per heavy atom. The van der Waals surface area contributed by atoms with Crippen LogP contribution in [0.15, 0.2) is 12.2 Å². The Balaban J connectivity index is 2.38. The molecule has 0 aromatic heterocycles. The zero-order chi connectivity index (χ0) is 42.2. The Morgan fingerprint density at radius 1 is 0.684 bits per heavy atom. The molecule has 0 radical (unpaired) electrons. The number of rotatable bonds is 38. The van der Waals surface area contributed by atoms with Crippen LogP contribution in [0.4, 0.5) is 0 Å². The summed E-state index contributed by atoms with van der Waals surface area (Å²) >= 11 is 0. The number of nitrogens with one attached hydrogen (secondary N) is 1. The van der Waals surface area contributed by atoms with Crippen molar-refractivity contribution in [2.75, 3.05) is 13.2 Å². The van der Waals surface area contributed by atoms with E-state index in [2.05, 4.69) is 35.5 Å². The van der Waals surface area contributed by atoms with E-state index in [9.17, 15) is 38.7 Å². The van der Waals surface area contributed by atoms with Crippen molar-refractivity contribution in [3.8, 4) is 0 Å². The number of carbonyl (C=O) groups is 1. The molecule has 1 rings (SSSR count). The maximum atomic E-state index is 13.0. The van der Waals surface area contributed by atoms with Crippen molar-refractivity contribution in [1.29, 1.82) is 0 Å². The van der Waals surface area contributed by atoms with Crippen LogP contribution in [-0.2, 0) is 28.9 Å². The van der Waals surface area contributed by atoms with Gasteiger partial charge in [0.15, 0.2) is 6.29 Å². The number of aliphatic hydroxyl groups excluding tert-OH is 5. The minimum atomic E-state index is -5.10. The number of hydrogen-bond donors (Lipinski definition) is 7. The predicted octanol–water partition coefficient (Wildman–Crippen LogP) is 7.36. The van der Waals surface area contributed by atoms with E-state index >= 15 is 0 Å². The van der Waals surface area contributed by atoms with Gasteiger partial charge >= 0.3 is 10.4 Å². The highest BCUT2D eigenvalue weighted by Crippen LogP contribution is 2.26. The molecule has 0 saturated carbocycles. The minimum Gasteiger partial charge on any atom is -0.394 e. The second-order valence-electron chi connectivity index (χ2n) is 16.1. The van der Waals surface area contributed by atoms with Gasteiger partial charge in [0.05, 0.1) is 25.4 Å². The molecule has 0 aromatic rings. The van der Waals surface area contributed by atoms with Crippen molar-refractivity contribution in [1.82, 2.24) is 5.32 Å². The topological polar surface area (TPSA) is 212 Å². The monoisotopic (exact) mass is 838 g/mol. The fraction of sp³-hybridized carbons (Fsp3) is 0.930. The lowest BCUT2D eigenvalue weighted by Gasteiger charge is -2.41. The van der Waals surface area contributed by atoms with Gasteiger partial charge in [0, 0.05) is 0 Å². The molecule has 338 valence electrons. The molecule has 1 fully saturated rings. The highest BCUT2D eigenvalue weighted by molar-refractivity contribution is 7.80. The molecule has 1 saturated heterocycles. The second kappa shape index (κ2) is 34.5. The molecule has 0 spiro atoms. The summed E-state index contributed by atoms with van der Waals surface area (Å²) in [7, 11) is -5.10. The van der Waals surface area contributed by atoms with E-state index in [1.807, 2.05) is 0 Å². The minimum absolute atomic E-state index is 0.254. The van der Waals surface area contributed by atoms with E-state index in [0.717, 1.165) is 70.6 Å². The molecule has 1 aliphatic heterocycles. The van der Waals surface area contributed by atoms with Gasteiger partial charge in [0.25, 0.3) is 0 Å². The molecule has 1 aliphatic rings. The van der Waals surface area contributed by atoms with Gasteiger partial charge in [0.2, 0.25) is 5.91 Å². The van der Waals surface area contributed by atoms with Crippen LogP contribution in [0.2, 0.25) is 0 Å². The average molecular weight is 838 g/mol. The highest BCUT2D eigenvalue weighted by Gasteiger charge is 2.48. The van der Waals surface area contributed by atoms with Crippen LogP contribution in [0.3, 0.4) is 0 Å². The summed E-state index contributed by atoms with van der Waals surface area (Å²) in [5, 5.41) is 54.9. The van der Waals surface area contributed by atoms with Gasteiger partial charge in [-0.05, 0) is 38.5 Å². The third-order valence-electron chi connectivity index (χ3n) is 10.9. The number of unbranched alkanes of at least 4 members (excludes halogenated alkanes) is 23. The van der Waals surface area contributed by atoms with Gasteiger partial charge in [-0.2, -0.15) is 8.42 Å². The van der Waals surface area contributed by atoms with E-state index in [1.54, 1.807) is 0 Å². The first-order valence-electron chi connectivity index (χ1n) is 22.7. The number of carbonyl (C=O) groups excluding carboxylic acids is 1. The molecular weight excluding hydrogens is 755 g/mol. The van der Waals surface area contributed by atoms with Gasteiger partial charge in [0.1, 0.15) is 30.5 Å². The molecule has 8 unspecified atom stereocenters. The maximum absolute atomic E-state index is 13.0. The van der Waals surface area contributed by atoms with Crippen LogP contribution in [0.5, 0.6) is 0 Å². The Morgan fingerprint density at radius 2 is 1.12 bits per heavy atom. The normalized spacial score (nSPS) is 21.9. The standard InChI is InChI=1S/C43H83NO12S/c1-3-5-7-9-11-12-13-14-15-16-17-18-19-20-21-22-23-24-25-26-28-30-32-37(47)42(50)44-35(36(46)31-29-27-10-8-6-4-2)34-54-43-40(49)41(56-57(51,52)53)39(48)38(33-45)55-43/h20-21,35-41,43,45-49H,3-19,22-34H2,1-2H3,(H,44,50)(H,51,52,53)/b21-20-. The van der Waals surface area contributed by atoms with Crippen LogP contribution in [-0.4, -0.2) is 107 Å². The lowest BCUT2D eigenvalue weighted by molar-refractivity contribution is -0.298. The SMILES string of the molecule is CCCCCCCCCCCCCC/C=C\CCCCCCCCC(O)C(=O)NC(COC1OC(CO)C(O)C(OS(=O)(=O)O)C1O)C(O)CCCCCCCC. The summed E-state index contributed by atoms with van der Waals surface area (Å²) in [5.41, 5.74) is 0. The Bertz CT molecular complexity index is 1100. The smallest absolute Gasteiger partial charge is 0.394 e.